The average Bonchev–Trinajstić information content (AvgIpc) is 3.89. The van der Waals surface area contributed by atoms with Crippen LogP contribution in [0.25, 0.3) is 67.1 Å². The Hall–Kier alpha value is -7.56. The Kier molecular flexibility index (Phi) is 6.62. The van der Waals surface area contributed by atoms with Crippen molar-refractivity contribution in [1.29, 1.82) is 0 Å². The molecular weight excluding hydrogens is 685 g/mol. The second kappa shape index (κ2) is 13.7. The van der Waals surface area contributed by atoms with E-state index in [-0.39, 0.29) is 12.1 Å². The largest absolute Gasteiger partial charge is 0.454 e. The van der Waals surface area contributed by atoms with Crippen molar-refractivity contribution in [3.05, 3.63) is 206 Å². The van der Waals surface area contributed by atoms with Crippen LogP contribution >= 0.6 is 0 Å². The van der Waals surface area contributed by atoms with E-state index in [4.69, 9.17) is 17.1 Å². The van der Waals surface area contributed by atoms with Gasteiger partial charge in [0.25, 0.3) is 0 Å². The summed E-state index contributed by atoms with van der Waals surface area (Å²) in [4.78, 5) is 4.16. The highest BCUT2D eigenvalue weighted by molar-refractivity contribution is 6.11. The minimum atomic E-state index is -0.558. The van der Waals surface area contributed by atoms with Gasteiger partial charge in [-0.3, -0.25) is 0 Å². The molecule has 0 amide bonds. The first kappa shape index (κ1) is 27.1. The molecule has 0 atom stereocenters. The van der Waals surface area contributed by atoms with Gasteiger partial charge >= 0.3 is 0 Å². The Morgan fingerprint density at radius 3 is 1.27 bits per heavy atom. The molecule has 0 aliphatic carbocycles. The van der Waals surface area contributed by atoms with Crippen LogP contribution in [-0.4, -0.2) is 0 Å². The SMILES string of the molecule is [2H]C([2H])=C([2H])c1cccc(N(c2ccc(-c3ccc(N(c4cccc(C([2H])=C([2H])[2H])c4)c4cccc5c4oc4ccccc45)cc3)cc2)c2cccc3c2oc2ccccc23)c1. The number of benzene rings is 8. The van der Waals surface area contributed by atoms with Gasteiger partial charge in [0.1, 0.15) is 11.2 Å². The van der Waals surface area contributed by atoms with Gasteiger partial charge in [-0.25, -0.2) is 0 Å². The average molecular weight is 727 g/mol. The number of rotatable bonds is 9. The van der Waals surface area contributed by atoms with Crippen LogP contribution in [0.4, 0.5) is 34.1 Å². The van der Waals surface area contributed by atoms with Crippen molar-refractivity contribution in [1.82, 2.24) is 0 Å². The Balaban J connectivity index is 1.06. The number of anilines is 6. The Bertz CT molecular complexity index is 3150. The van der Waals surface area contributed by atoms with Gasteiger partial charge < -0.3 is 18.6 Å². The Morgan fingerprint density at radius 2 is 0.821 bits per heavy atom. The summed E-state index contributed by atoms with van der Waals surface area (Å²) < 4.78 is 61.1. The first-order valence-corrected chi connectivity index (χ1v) is 18.3. The van der Waals surface area contributed by atoms with Crippen LogP contribution in [0.2, 0.25) is 0 Å². The lowest BCUT2D eigenvalue weighted by molar-refractivity contribution is 0.668. The van der Waals surface area contributed by atoms with E-state index in [1.54, 1.807) is 12.1 Å². The lowest BCUT2D eigenvalue weighted by atomic mass is 10.0. The van der Waals surface area contributed by atoms with Gasteiger partial charge in [-0.1, -0.05) is 134 Å². The smallest absolute Gasteiger partial charge is 0.159 e. The zero-order valence-corrected chi connectivity index (χ0v) is 30.0. The molecule has 2 heterocycles. The van der Waals surface area contributed by atoms with E-state index in [0.717, 1.165) is 78.0 Å². The number of fused-ring (bicyclic) bond motifs is 6. The van der Waals surface area contributed by atoms with Crippen LogP contribution in [0.5, 0.6) is 0 Å². The van der Waals surface area contributed by atoms with Crippen molar-refractivity contribution >= 4 is 90.1 Å². The van der Waals surface area contributed by atoms with Crippen molar-refractivity contribution in [2.75, 3.05) is 9.80 Å². The van der Waals surface area contributed by atoms with E-state index >= 15 is 0 Å². The fourth-order valence-electron chi connectivity index (χ4n) is 7.72. The van der Waals surface area contributed by atoms with Crippen molar-refractivity contribution in [3.63, 3.8) is 0 Å². The van der Waals surface area contributed by atoms with E-state index in [9.17, 15) is 0 Å². The highest BCUT2D eigenvalue weighted by Gasteiger charge is 2.21. The quantitative estimate of drug-likeness (QED) is 0.148. The fraction of sp³-hybridized carbons (Fsp3) is 0. The maximum absolute atomic E-state index is 8.42. The molecule has 0 N–H and O–H groups in total. The molecule has 10 aromatic rings. The summed E-state index contributed by atoms with van der Waals surface area (Å²) in [6, 6.07) is 58.9. The lowest BCUT2D eigenvalue weighted by Crippen LogP contribution is -2.10. The molecule has 10 rings (SSSR count). The summed E-state index contributed by atoms with van der Waals surface area (Å²) >= 11 is 0. The van der Waals surface area contributed by atoms with E-state index in [2.05, 4.69) is 34.1 Å². The zero-order chi connectivity index (χ0) is 42.5. The Morgan fingerprint density at radius 1 is 0.411 bits per heavy atom. The number of nitrogens with zero attached hydrogens (tertiary/aromatic N) is 2. The van der Waals surface area contributed by atoms with Crippen LogP contribution in [0.15, 0.2) is 204 Å². The second-order valence-corrected chi connectivity index (χ2v) is 13.6. The summed E-state index contributed by atoms with van der Waals surface area (Å²) in [5, 5.41) is 3.97. The number of hydrogen-bond donors (Lipinski definition) is 0. The fourth-order valence-corrected chi connectivity index (χ4v) is 7.72. The maximum atomic E-state index is 8.42. The van der Waals surface area contributed by atoms with Crippen molar-refractivity contribution < 1.29 is 17.1 Å². The lowest BCUT2D eigenvalue weighted by Gasteiger charge is -2.26. The number of furan rings is 2. The van der Waals surface area contributed by atoms with Crippen LogP contribution < -0.4 is 9.80 Å². The normalized spacial score (nSPS) is 12.7. The molecule has 2 aromatic heterocycles. The van der Waals surface area contributed by atoms with Crippen LogP contribution in [-0.2, 0) is 0 Å². The number of hydrogen-bond acceptors (Lipinski definition) is 4. The van der Waals surface area contributed by atoms with Gasteiger partial charge in [-0.15, -0.1) is 0 Å². The molecule has 0 radical (unpaired) electrons. The maximum Gasteiger partial charge on any atom is 0.159 e. The molecule has 0 unspecified atom stereocenters. The van der Waals surface area contributed by atoms with E-state index in [0.29, 0.717) is 22.3 Å². The van der Waals surface area contributed by atoms with Gasteiger partial charge in [-0.2, -0.15) is 0 Å². The molecule has 0 aliphatic rings. The topological polar surface area (TPSA) is 32.8 Å². The molecule has 266 valence electrons. The molecule has 4 heteroatoms. The monoisotopic (exact) mass is 726 g/mol. The Labute approximate surface area is 333 Å². The van der Waals surface area contributed by atoms with E-state index in [1.807, 2.05) is 146 Å². The minimum Gasteiger partial charge on any atom is -0.454 e. The molecule has 0 bridgehead atoms. The molecule has 0 saturated carbocycles. The van der Waals surface area contributed by atoms with E-state index < -0.39 is 13.1 Å². The predicted octanol–water partition coefficient (Wildman–Crippen LogP) is 15.4. The van der Waals surface area contributed by atoms with Gasteiger partial charge in [-0.05, 0) is 95.1 Å². The van der Waals surface area contributed by atoms with Crippen LogP contribution in [0.1, 0.15) is 19.4 Å². The predicted molar refractivity (Wildman–Crippen MR) is 236 cm³/mol. The van der Waals surface area contributed by atoms with Gasteiger partial charge in [0, 0.05) is 44.3 Å². The highest BCUT2D eigenvalue weighted by atomic mass is 16.3. The van der Waals surface area contributed by atoms with E-state index in [1.165, 1.54) is 0 Å². The molecular formula is C52H36N2O2. The first-order chi connectivity index (χ1) is 30.2. The highest BCUT2D eigenvalue weighted by Crippen LogP contribution is 2.44. The van der Waals surface area contributed by atoms with Gasteiger partial charge in [0.05, 0.1) is 19.6 Å². The standard InChI is InChI=1S/C52H36N2O2/c1-3-35-13-9-15-41(33-35)53(47-21-11-19-45-43-17-5-7-23-49(43)55-51(45)47)39-29-25-37(26-30-39)38-27-31-40(32-28-38)54(42-16-10-14-36(4-2)34-42)48-22-12-20-46-44-18-6-8-24-50(44)56-52(46)48/h3-34H,1-2H2/i1D2,2D2,3D,4D. The minimum absolute atomic E-state index is 0.166. The number of para-hydroxylation sites is 4. The summed E-state index contributed by atoms with van der Waals surface area (Å²) in [7, 11) is 0. The second-order valence-electron chi connectivity index (χ2n) is 13.6. The summed E-state index contributed by atoms with van der Waals surface area (Å²) in [5.41, 5.74) is 10.7. The molecule has 4 nitrogen and oxygen atoms in total. The van der Waals surface area contributed by atoms with Crippen LogP contribution in [0, 0.1) is 0 Å². The molecule has 0 saturated heterocycles. The molecule has 8 aromatic carbocycles. The summed E-state index contributed by atoms with van der Waals surface area (Å²) in [6.07, 6.45) is 0. The van der Waals surface area contributed by atoms with Crippen LogP contribution in [0.3, 0.4) is 0 Å². The van der Waals surface area contributed by atoms with Gasteiger partial charge in [0.2, 0.25) is 0 Å². The van der Waals surface area contributed by atoms with Crippen molar-refractivity contribution in [3.8, 4) is 11.1 Å². The molecule has 0 spiro atoms. The van der Waals surface area contributed by atoms with Crippen molar-refractivity contribution in [2.45, 2.75) is 0 Å². The summed E-state index contributed by atoms with van der Waals surface area (Å²) in [6.45, 7) is -1.12. The molecule has 0 aliphatic heterocycles. The third-order valence-corrected chi connectivity index (χ3v) is 10.3. The first-order valence-electron chi connectivity index (χ1n) is 21.3. The van der Waals surface area contributed by atoms with Crippen molar-refractivity contribution in [2.24, 2.45) is 0 Å². The van der Waals surface area contributed by atoms with Gasteiger partial charge in [0.15, 0.2) is 11.2 Å². The zero-order valence-electron chi connectivity index (χ0n) is 36.0. The third-order valence-electron chi connectivity index (χ3n) is 10.3. The summed E-state index contributed by atoms with van der Waals surface area (Å²) in [5.74, 6) is 0. The molecule has 0 fully saturated rings. The molecule has 56 heavy (non-hydrogen) atoms. The third kappa shape index (κ3) is 5.64.